The molecular weight excluding hydrogens is 322 g/mol. The molecule has 0 saturated carbocycles. The molecule has 0 spiro atoms. The largest absolute Gasteiger partial charge is 0.490 e. The van der Waals surface area contributed by atoms with Crippen LogP contribution in [-0.2, 0) is 13.2 Å². The highest BCUT2D eigenvalue weighted by Crippen LogP contribution is 2.37. The average Bonchev–Trinajstić information content (AvgIpc) is 2.61. The van der Waals surface area contributed by atoms with Gasteiger partial charge in [-0.2, -0.15) is 0 Å². The van der Waals surface area contributed by atoms with Crippen LogP contribution in [0, 0.1) is 0 Å². The van der Waals surface area contributed by atoms with Crippen LogP contribution < -0.4 is 15.2 Å². The number of hydrogen-bond donors (Lipinski definition) is 1. The molecule has 0 heterocycles. The van der Waals surface area contributed by atoms with Gasteiger partial charge >= 0.3 is 0 Å². The normalized spacial score (nSPS) is 10.8. The molecule has 0 aliphatic rings. The molecular formula is C20H20ClNO2. The zero-order chi connectivity index (χ0) is 16.9. The van der Waals surface area contributed by atoms with Crippen LogP contribution >= 0.6 is 11.6 Å². The molecule has 124 valence electrons. The van der Waals surface area contributed by atoms with Crippen molar-refractivity contribution in [3.05, 3.63) is 70.7 Å². The Balaban J connectivity index is 1.91. The van der Waals surface area contributed by atoms with Crippen LogP contribution in [0.2, 0.25) is 5.02 Å². The molecule has 0 saturated heterocycles. The van der Waals surface area contributed by atoms with Crippen molar-refractivity contribution in [1.82, 2.24) is 0 Å². The first-order valence-corrected chi connectivity index (χ1v) is 8.35. The van der Waals surface area contributed by atoms with Gasteiger partial charge in [0, 0.05) is 6.54 Å². The van der Waals surface area contributed by atoms with Crippen LogP contribution in [0.5, 0.6) is 11.5 Å². The number of halogens is 1. The van der Waals surface area contributed by atoms with Crippen molar-refractivity contribution < 1.29 is 9.47 Å². The van der Waals surface area contributed by atoms with Crippen LogP contribution in [0.1, 0.15) is 18.1 Å². The smallest absolute Gasteiger partial charge is 0.180 e. The van der Waals surface area contributed by atoms with Gasteiger partial charge in [-0.1, -0.05) is 54.1 Å². The van der Waals surface area contributed by atoms with Crippen molar-refractivity contribution in [1.29, 1.82) is 0 Å². The van der Waals surface area contributed by atoms with Crippen LogP contribution in [0.4, 0.5) is 0 Å². The Morgan fingerprint density at radius 3 is 2.58 bits per heavy atom. The Kier molecular flexibility index (Phi) is 5.24. The third-order valence-electron chi connectivity index (χ3n) is 3.86. The maximum atomic E-state index is 6.37. The van der Waals surface area contributed by atoms with E-state index in [-0.39, 0.29) is 0 Å². The van der Waals surface area contributed by atoms with Gasteiger partial charge in [0.05, 0.1) is 11.6 Å². The third kappa shape index (κ3) is 3.48. The summed E-state index contributed by atoms with van der Waals surface area (Å²) in [5.41, 5.74) is 7.73. The topological polar surface area (TPSA) is 44.5 Å². The lowest BCUT2D eigenvalue weighted by Gasteiger charge is -2.15. The Labute approximate surface area is 147 Å². The van der Waals surface area contributed by atoms with Crippen molar-refractivity contribution in [2.45, 2.75) is 20.1 Å². The van der Waals surface area contributed by atoms with Crippen molar-refractivity contribution >= 4 is 22.4 Å². The lowest BCUT2D eigenvalue weighted by atomic mass is 10.1. The predicted octanol–water partition coefficient (Wildman–Crippen LogP) is 4.93. The fraction of sp³-hybridized carbons (Fsp3) is 0.200. The van der Waals surface area contributed by atoms with Gasteiger partial charge in [-0.3, -0.25) is 0 Å². The number of ether oxygens (including phenoxy) is 2. The molecule has 24 heavy (non-hydrogen) atoms. The lowest BCUT2D eigenvalue weighted by Crippen LogP contribution is -2.03. The Bertz CT molecular complexity index is 843. The molecule has 2 N–H and O–H groups in total. The zero-order valence-corrected chi connectivity index (χ0v) is 14.3. The minimum atomic E-state index is 0.406. The molecule has 3 aromatic rings. The van der Waals surface area contributed by atoms with E-state index < -0.39 is 0 Å². The van der Waals surface area contributed by atoms with Crippen LogP contribution in [0.15, 0.2) is 54.6 Å². The summed E-state index contributed by atoms with van der Waals surface area (Å²) in [6.07, 6.45) is 0. The van der Waals surface area contributed by atoms with E-state index in [2.05, 4.69) is 24.3 Å². The van der Waals surface area contributed by atoms with E-state index in [1.165, 1.54) is 10.8 Å². The highest BCUT2D eigenvalue weighted by atomic mass is 35.5. The fourth-order valence-electron chi connectivity index (χ4n) is 2.71. The van der Waals surface area contributed by atoms with Crippen molar-refractivity contribution in [3.63, 3.8) is 0 Å². The molecule has 0 atom stereocenters. The summed E-state index contributed by atoms with van der Waals surface area (Å²) in [4.78, 5) is 0. The second-order valence-electron chi connectivity index (χ2n) is 5.47. The van der Waals surface area contributed by atoms with Gasteiger partial charge < -0.3 is 15.2 Å². The monoisotopic (exact) mass is 341 g/mol. The average molecular weight is 342 g/mol. The van der Waals surface area contributed by atoms with E-state index in [4.69, 9.17) is 26.8 Å². The minimum Gasteiger partial charge on any atom is -0.490 e. The predicted molar refractivity (Wildman–Crippen MR) is 98.8 cm³/mol. The van der Waals surface area contributed by atoms with Crippen LogP contribution in [-0.4, -0.2) is 6.61 Å². The minimum absolute atomic E-state index is 0.406. The van der Waals surface area contributed by atoms with Gasteiger partial charge in [-0.25, -0.2) is 0 Å². The van der Waals surface area contributed by atoms with Gasteiger partial charge in [-0.05, 0) is 41.0 Å². The maximum Gasteiger partial charge on any atom is 0.180 e. The van der Waals surface area contributed by atoms with E-state index in [1.54, 1.807) is 0 Å². The Morgan fingerprint density at radius 2 is 1.79 bits per heavy atom. The summed E-state index contributed by atoms with van der Waals surface area (Å²) in [6, 6.07) is 18.1. The first-order chi connectivity index (χ1) is 11.7. The highest BCUT2D eigenvalue weighted by Gasteiger charge is 2.13. The summed E-state index contributed by atoms with van der Waals surface area (Å²) >= 11 is 6.37. The van der Waals surface area contributed by atoms with E-state index in [9.17, 15) is 0 Å². The van der Waals surface area contributed by atoms with E-state index in [0.717, 1.165) is 11.1 Å². The summed E-state index contributed by atoms with van der Waals surface area (Å²) in [5.74, 6) is 1.19. The molecule has 0 radical (unpaired) electrons. The molecule has 0 aliphatic heterocycles. The molecule has 0 bridgehead atoms. The molecule has 3 rings (SSSR count). The van der Waals surface area contributed by atoms with Crippen molar-refractivity contribution in [2.75, 3.05) is 6.61 Å². The van der Waals surface area contributed by atoms with E-state index >= 15 is 0 Å². The van der Waals surface area contributed by atoms with Crippen LogP contribution in [0.25, 0.3) is 10.8 Å². The highest BCUT2D eigenvalue weighted by molar-refractivity contribution is 6.32. The standard InChI is InChI=1S/C20H20ClNO2/c1-2-23-19-11-14(12-22)10-18(21)20(19)24-13-16-8-5-7-15-6-3-4-9-17(15)16/h3-11H,2,12-13,22H2,1H3. The maximum absolute atomic E-state index is 6.37. The molecule has 0 fully saturated rings. The van der Waals surface area contributed by atoms with Crippen molar-refractivity contribution in [3.8, 4) is 11.5 Å². The number of rotatable bonds is 6. The molecule has 0 unspecified atom stereocenters. The lowest BCUT2D eigenvalue weighted by molar-refractivity contribution is 0.270. The van der Waals surface area contributed by atoms with Gasteiger partial charge in [-0.15, -0.1) is 0 Å². The summed E-state index contributed by atoms with van der Waals surface area (Å²) < 4.78 is 11.7. The number of nitrogens with two attached hydrogens (primary N) is 1. The van der Waals surface area contributed by atoms with Gasteiger partial charge in [0.15, 0.2) is 11.5 Å². The van der Waals surface area contributed by atoms with Gasteiger partial charge in [0.1, 0.15) is 6.61 Å². The first kappa shape index (κ1) is 16.6. The fourth-order valence-corrected chi connectivity index (χ4v) is 3.00. The Morgan fingerprint density at radius 1 is 1.00 bits per heavy atom. The second kappa shape index (κ2) is 7.56. The van der Waals surface area contributed by atoms with E-state index in [0.29, 0.717) is 36.3 Å². The second-order valence-corrected chi connectivity index (χ2v) is 5.88. The summed E-state index contributed by atoms with van der Waals surface area (Å²) in [7, 11) is 0. The van der Waals surface area contributed by atoms with Gasteiger partial charge in [0.25, 0.3) is 0 Å². The molecule has 0 aliphatic carbocycles. The summed E-state index contributed by atoms with van der Waals surface area (Å²) in [6.45, 7) is 3.29. The molecule has 0 aromatic heterocycles. The first-order valence-electron chi connectivity index (χ1n) is 7.97. The molecule has 3 aromatic carbocycles. The number of fused-ring (bicyclic) bond motifs is 1. The third-order valence-corrected chi connectivity index (χ3v) is 4.14. The Hall–Kier alpha value is -2.23. The quantitative estimate of drug-likeness (QED) is 0.691. The van der Waals surface area contributed by atoms with Crippen LogP contribution in [0.3, 0.4) is 0 Å². The molecule has 4 heteroatoms. The van der Waals surface area contributed by atoms with E-state index in [1.807, 2.05) is 37.3 Å². The van der Waals surface area contributed by atoms with Gasteiger partial charge in [0.2, 0.25) is 0 Å². The SMILES string of the molecule is CCOc1cc(CN)cc(Cl)c1OCc1cccc2ccccc12. The number of benzene rings is 3. The zero-order valence-electron chi connectivity index (χ0n) is 13.6. The summed E-state index contributed by atoms with van der Waals surface area (Å²) in [5, 5.41) is 2.88. The number of hydrogen-bond acceptors (Lipinski definition) is 3. The molecule has 0 amide bonds. The van der Waals surface area contributed by atoms with Crippen molar-refractivity contribution in [2.24, 2.45) is 5.73 Å². The molecule has 3 nitrogen and oxygen atoms in total.